The quantitative estimate of drug-likeness (QED) is 0.700. The minimum atomic E-state index is -3.94. The molecular formula is C15H11Cl3F2N2O3S. The molecule has 0 spiro atoms. The molecule has 11 heteroatoms. The first-order valence-corrected chi connectivity index (χ1v) is 9.84. The van der Waals surface area contributed by atoms with Gasteiger partial charge in [-0.2, -0.15) is 0 Å². The molecule has 2 rings (SSSR count). The number of sulfonamides is 1. The minimum absolute atomic E-state index is 0.0321. The van der Waals surface area contributed by atoms with Gasteiger partial charge in [-0.1, -0.05) is 34.8 Å². The highest BCUT2D eigenvalue weighted by atomic mass is 35.5. The van der Waals surface area contributed by atoms with Crippen molar-refractivity contribution in [3.8, 4) is 0 Å². The molecule has 5 nitrogen and oxygen atoms in total. The van der Waals surface area contributed by atoms with Gasteiger partial charge in [0.25, 0.3) is 0 Å². The Labute approximate surface area is 163 Å². The van der Waals surface area contributed by atoms with Crippen LogP contribution in [0.1, 0.15) is 0 Å². The molecule has 1 amide bonds. The molecule has 0 saturated carbocycles. The van der Waals surface area contributed by atoms with Crippen molar-refractivity contribution in [3.63, 3.8) is 0 Å². The largest absolute Gasteiger partial charge is 0.322 e. The van der Waals surface area contributed by atoms with Gasteiger partial charge in [-0.25, -0.2) is 17.2 Å². The number of anilines is 2. The Balaban J connectivity index is 2.32. The average molecular weight is 444 g/mol. The van der Waals surface area contributed by atoms with Gasteiger partial charge in [0, 0.05) is 6.07 Å². The van der Waals surface area contributed by atoms with Crippen LogP contribution in [0.2, 0.25) is 15.1 Å². The molecule has 0 radical (unpaired) electrons. The molecule has 1 N–H and O–H groups in total. The van der Waals surface area contributed by atoms with E-state index >= 15 is 0 Å². The first kappa shape index (κ1) is 20.7. The molecule has 0 saturated heterocycles. The maximum atomic E-state index is 13.6. The lowest BCUT2D eigenvalue weighted by Crippen LogP contribution is -2.37. The summed E-state index contributed by atoms with van der Waals surface area (Å²) in [6.45, 7) is -0.715. The number of nitrogens with zero attached hydrogens (tertiary/aromatic N) is 1. The Morgan fingerprint density at radius 3 is 2.27 bits per heavy atom. The van der Waals surface area contributed by atoms with Crippen LogP contribution in [0.15, 0.2) is 30.3 Å². The molecule has 0 unspecified atom stereocenters. The molecule has 2 aromatic rings. The van der Waals surface area contributed by atoms with Gasteiger partial charge in [0.2, 0.25) is 15.9 Å². The molecule has 0 aromatic heterocycles. The topological polar surface area (TPSA) is 66.5 Å². The van der Waals surface area contributed by atoms with Crippen molar-refractivity contribution < 1.29 is 22.0 Å². The van der Waals surface area contributed by atoms with E-state index in [2.05, 4.69) is 5.32 Å². The van der Waals surface area contributed by atoms with Crippen LogP contribution in [0.5, 0.6) is 0 Å². The summed E-state index contributed by atoms with van der Waals surface area (Å²) >= 11 is 17.7. The predicted molar refractivity (Wildman–Crippen MR) is 98.6 cm³/mol. The normalized spacial score (nSPS) is 11.3. The number of hydrogen-bond acceptors (Lipinski definition) is 3. The Bertz CT molecular complexity index is 971. The second kappa shape index (κ2) is 7.96. The first-order chi connectivity index (χ1) is 12.0. The molecule has 0 bridgehead atoms. The number of carbonyl (C=O) groups is 1. The van der Waals surface area contributed by atoms with Gasteiger partial charge in [-0.3, -0.25) is 9.10 Å². The van der Waals surface area contributed by atoms with Crippen LogP contribution in [0.25, 0.3) is 0 Å². The fourth-order valence-corrected chi connectivity index (χ4v) is 3.55. The van der Waals surface area contributed by atoms with Crippen LogP contribution in [0.3, 0.4) is 0 Å². The lowest BCUT2D eigenvalue weighted by Gasteiger charge is -2.23. The van der Waals surface area contributed by atoms with Crippen molar-refractivity contribution in [3.05, 3.63) is 57.0 Å². The van der Waals surface area contributed by atoms with Crippen molar-refractivity contribution in [2.75, 3.05) is 22.4 Å². The molecule has 0 aliphatic heterocycles. The van der Waals surface area contributed by atoms with Crippen molar-refractivity contribution in [1.29, 1.82) is 0 Å². The van der Waals surface area contributed by atoms with Crippen molar-refractivity contribution in [2.24, 2.45) is 0 Å². The standard InChI is InChI=1S/C15H11Cl3F2N2O3S/c1-26(24,25)22(14-6-10(17)9(16)5-11(14)18)7-15(23)21-13-3-2-8(19)4-12(13)20/h2-6H,7H2,1H3,(H,21,23). The number of amides is 1. The van der Waals surface area contributed by atoms with E-state index in [0.717, 1.165) is 18.4 Å². The van der Waals surface area contributed by atoms with Crippen LogP contribution in [0, 0.1) is 11.6 Å². The van der Waals surface area contributed by atoms with Gasteiger partial charge >= 0.3 is 0 Å². The highest BCUT2D eigenvalue weighted by Gasteiger charge is 2.24. The van der Waals surface area contributed by atoms with Gasteiger partial charge in [-0.15, -0.1) is 0 Å². The fraction of sp³-hybridized carbons (Fsp3) is 0.133. The van der Waals surface area contributed by atoms with E-state index in [0.29, 0.717) is 10.4 Å². The molecular weight excluding hydrogens is 433 g/mol. The van der Waals surface area contributed by atoms with Crippen LogP contribution in [0.4, 0.5) is 20.2 Å². The van der Waals surface area contributed by atoms with Crippen LogP contribution in [-0.4, -0.2) is 27.1 Å². The van der Waals surface area contributed by atoms with E-state index in [1.165, 1.54) is 12.1 Å². The number of benzene rings is 2. The lowest BCUT2D eigenvalue weighted by molar-refractivity contribution is -0.114. The zero-order valence-electron chi connectivity index (χ0n) is 13.1. The second-order valence-corrected chi connectivity index (χ2v) is 8.29. The first-order valence-electron chi connectivity index (χ1n) is 6.86. The molecule has 0 aliphatic rings. The third-order valence-corrected chi connectivity index (χ3v) is 5.30. The van der Waals surface area contributed by atoms with Crippen LogP contribution < -0.4 is 9.62 Å². The minimum Gasteiger partial charge on any atom is -0.322 e. The fourth-order valence-electron chi connectivity index (χ4n) is 2.00. The SMILES string of the molecule is CS(=O)(=O)N(CC(=O)Nc1ccc(F)cc1F)c1cc(Cl)c(Cl)cc1Cl. The molecule has 0 heterocycles. The van der Waals surface area contributed by atoms with E-state index < -0.39 is 34.1 Å². The summed E-state index contributed by atoms with van der Waals surface area (Å²) in [4.78, 5) is 12.2. The third-order valence-electron chi connectivity index (χ3n) is 3.15. The van der Waals surface area contributed by atoms with Gasteiger partial charge in [0.05, 0.1) is 32.7 Å². The zero-order valence-corrected chi connectivity index (χ0v) is 16.1. The van der Waals surface area contributed by atoms with Gasteiger partial charge in [0.1, 0.15) is 18.2 Å². The summed E-state index contributed by atoms with van der Waals surface area (Å²) < 4.78 is 51.4. The summed E-state index contributed by atoms with van der Waals surface area (Å²) in [5.41, 5.74) is -0.372. The van der Waals surface area contributed by atoms with Crippen molar-refractivity contribution >= 4 is 62.1 Å². The summed E-state index contributed by atoms with van der Waals surface area (Å²) in [5.74, 6) is -2.69. The summed E-state index contributed by atoms with van der Waals surface area (Å²) in [7, 11) is -3.94. The van der Waals surface area contributed by atoms with E-state index in [-0.39, 0.29) is 26.4 Å². The Hall–Kier alpha value is -1.61. The summed E-state index contributed by atoms with van der Waals surface area (Å²) in [5, 5.41) is 2.25. The predicted octanol–water partition coefficient (Wildman–Crippen LogP) is 4.33. The monoisotopic (exact) mass is 442 g/mol. The third kappa shape index (κ3) is 4.97. The van der Waals surface area contributed by atoms with Gasteiger partial charge < -0.3 is 5.32 Å². The Kier molecular flexibility index (Phi) is 6.33. The highest BCUT2D eigenvalue weighted by molar-refractivity contribution is 7.92. The van der Waals surface area contributed by atoms with Gasteiger partial charge in [-0.05, 0) is 24.3 Å². The number of rotatable bonds is 5. The van der Waals surface area contributed by atoms with Crippen LogP contribution in [-0.2, 0) is 14.8 Å². The summed E-state index contributed by atoms with van der Waals surface area (Å²) in [6.07, 6.45) is 0.859. The Morgan fingerprint density at radius 2 is 1.69 bits per heavy atom. The van der Waals surface area contributed by atoms with E-state index in [1.807, 2.05) is 0 Å². The maximum Gasteiger partial charge on any atom is 0.245 e. The number of hydrogen-bond donors (Lipinski definition) is 1. The molecule has 0 fully saturated rings. The van der Waals surface area contributed by atoms with E-state index in [1.54, 1.807) is 0 Å². The lowest BCUT2D eigenvalue weighted by atomic mass is 10.3. The molecule has 26 heavy (non-hydrogen) atoms. The maximum absolute atomic E-state index is 13.6. The second-order valence-electron chi connectivity index (χ2n) is 5.16. The van der Waals surface area contributed by atoms with Crippen LogP contribution >= 0.6 is 34.8 Å². The van der Waals surface area contributed by atoms with E-state index in [9.17, 15) is 22.0 Å². The highest BCUT2D eigenvalue weighted by Crippen LogP contribution is 2.35. The summed E-state index contributed by atoms with van der Waals surface area (Å²) in [6, 6.07) is 4.97. The van der Waals surface area contributed by atoms with Gasteiger partial charge in [0.15, 0.2) is 0 Å². The number of nitrogens with one attached hydrogen (secondary N) is 1. The Morgan fingerprint density at radius 1 is 1.08 bits per heavy atom. The van der Waals surface area contributed by atoms with Crippen molar-refractivity contribution in [2.45, 2.75) is 0 Å². The molecule has 2 aromatic carbocycles. The van der Waals surface area contributed by atoms with Crippen molar-refractivity contribution in [1.82, 2.24) is 0 Å². The molecule has 0 aliphatic carbocycles. The zero-order chi connectivity index (χ0) is 19.6. The number of carbonyl (C=O) groups excluding carboxylic acids is 1. The smallest absolute Gasteiger partial charge is 0.245 e. The number of halogens is 5. The molecule has 140 valence electrons. The average Bonchev–Trinajstić information content (AvgIpc) is 2.50. The molecule has 0 atom stereocenters. The van der Waals surface area contributed by atoms with E-state index in [4.69, 9.17) is 34.8 Å².